The van der Waals surface area contributed by atoms with Gasteiger partial charge in [-0.25, -0.2) is 17.6 Å². The molecule has 0 aliphatic carbocycles. The van der Waals surface area contributed by atoms with Crippen LogP contribution in [0, 0.1) is 0 Å². The van der Waals surface area contributed by atoms with Gasteiger partial charge >= 0.3 is 6.00 Å². The average Bonchev–Trinajstić information content (AvgIpc) is 1.82. The Labute approximate surface area is 81.9 Å². The van der Waals surface area contributed by atoms with Crippen molar-refractivity contribution in [2.24, 2.45) is 0 Å². The molecule has 0 fully saturated rings. The predicted octanol–water partition coefficient (Wildman–Crippen LogP) is 3.58. The fourth-order valence-corrected chi connectivity index (χ4v) is 2.49. The van der Waals surface area contributed by atoms with E-state index >= 15 is 0 Å². The van der Waals surface area contributed by atoms with Crippen molar-refractivity contribution < 1.29 is 17.6 Å². The molecular weight excluding hydrogens is 258 g/mol. The molecular formula is C4H5Cl3F4Si. The van der Waals surface area contributed by atoms with Gasteiger partial charge in [0, 0.05) is 6.04 Å². The Bertz CT molecular complexity index is 139. The Morgan fingerprint density at radius 1 is 1.00 bits per heavy atom. The zero-order chi connectivity index (χ0) is 9.94. The fraction of sp³-hybridized carbons (Fsp3) is 1.00. The van der Waals surface area contributed by atoms with Crippen LogP contribution in [0.5, 0.6) is 0 Å². The van der Waals surface area contributed by atoms with Crippen LogP contribution < -0.4 is 0 Å². The number of halogens is 7. The highest BCUT2D eigenvalue weighted by Crippen LogP contribution is 2.30. The maximum absolute atomic E-state index is 12.5. The second-order valence-electron chi connectivity index (χ2n) is 2.11. The summed E-state index contributed by atoms with van der Waals surface area (Å²) >= 11 is 15.6. The zero-order valence-corrected chi connectivity index (χ0v) is 8.85. The maximum atomic E-state index is 12.5. The molecule has 2 unspecified atom stereocenters. The molecule has 0 nitrogen and oxygen atoms in total. The average molecular weight is 264 g/mol. The minimum absolute atomic E-state index is 0.747. The minimum Gasteiger partial charge on any atom is -0.244 e. The molecule has 0 aliphatic rings. The predicted molar refractivity (Wildman–Crippen MR) is 43.9 cm³/mol. The summed E-state index contributed by atoms with van der Waals surface area (Å²) in [5.41, 5.74) is 0. The Kier molecular flexibility index (Phi) is 5.21. The van der Waals surface area contributed by atoms with Crippen LogP contribution in [-0.2, 0) is 0 Å². The van der Waals surface area contributed by atoms with E-state index in [0.717, 1.165) is 0 Å². The monoisotopic (exact) mass is 262 g/mol. The SMILES string of the molecule is FC(F)C(F)C(F)C[Si](Cl)(Cl)Cl. The summed E-state index contributed by atoms with van der Waals surface area (Å²) in [7, 11) is 0. The van der Waals surface area contributed by atoms with E-state index in [-0.39, 0.29) is 0 Å². The van der Waals surface area contributed by atoms with Crippen molar-refractivity contribution in [3.63, 3.8) is 0 Å². The highest BCUT2D eigenvalue weighted by atomic mass is 35.8. The van der Waals surface area contributed by atoms with E-state index in [0.29, 0.717) is 0 Å². The summed E-state index contributed by atoms with van der Waals surface area (Å²) in [4.78, 5) is 0. The van der Waals surface area contributed by atoms with Crippen LogP contribution in [0.2, 0.25) is 6.04 Å². The summed E-state index contributed by atoms with van der Waals surface area (Å²) in [6.07, 6.45) is -8.64. The largest absolute Gasteiger partial charge is 0.344 e. The first kappa shape index (κ1) is 12.8. The second kappa shape index (κ2) is 4.88. The number of hydrogen-bond acceptors (Lipinski definition) is 0. The molecule has 0 bridgehead atoms. The first-order valence-corrected chi connectivity index (χ1v) is 8.11. The smallest absolute Gasteiger partial charge is 0.244 e. The van der Waals surface area contributed by atoms with E-state index in [2.05, 4.69) is 0 Å². The lowest BCUT2D eigenvalue weighted by atomic mass is 10.3. The van der Waals surface area contributed by atoms with Crippen molar-refractivity contribution in [2.75, 3.05) is 0 Å². The lowest BCUT2D eigenvalue weighted by molar-refractivity contribution is 0.00924. The summed E-state index contributed by atoms with van der Waals surface area (Å²) in [5, 5.41) is 0. The van der Waals surface area contributed by atoms with Gasteiger partial charge < -0.3 is 0 Å². The Balaban J connectivity index is 3.95. The van der Waals surface area contributed by atoms with E-state index in [4.69, 9.17) is 33.2 Å². The molecule has 0 radical (unpaired) electrons. The van der Waals surface area contributed by atoms with Gasteiger partial charge in [-0.2, -0.15) is 0 Å². The zero-order valence-electron chi connectivity index (χ0n) is 5.58. The van der Waals surface area contributed by atoms with E-state index < -0.39 is 30.8 Å². The van der Waals surface area contributed by atoms with Crippen LogP contribution in [0.1, 0.15) is 0 Å². The standard InChI is InChI=1S/C4H5Cl3F4Si/c5-12(6,7)1-2(8)3(9)4(10)11/h2-4H,1H2. The van der Waals surface area contributed by atoms with Crippen molar-refractivity contribution in [3.05, 3.63) is 0 Å². The van der Waals surface area contributed by atoms with Crippen molar-refractivity contribution in [2.45, 2.75) is 24.8 Å². The van der Waals surface area contributed by atoms with Crippen molar-refractivity contribution in [1.82, 2.24) is 0 Å². The molecule has 0 rings (SSSR count). The Hall–Kier alpha value is 0.807. The van der Waals surface area contributed by atoms with Crippen LogP contribution in [-0.4, -0.2) is 24.8 Å². The van der Waals surface area contributed by atoms with Gasteiger partial charge in [-0.3, -0.25) is 0 Å². The molecule has 0 aromatic heterocycles. The molecule has 8 heteroatoms. The molecule has 0 amide bonds. The third kappa shape index (κ3) is 5.45. The third-order valence-corrected chi connectivity index (χ3v) is 3.25. The van der Waals surface area contributed by atoms with Gasteiger partial charge in [-0.1, -0.05) is 0 Å². The van der Waals surface area contributed by atoms with Gasteiger partial charge in [0.15, 0.2) is 6.17 Å². The van der Waals surface area contributed by atoms with E-state index in [9.17, 15) is 17.6 Å². The molecule has 0 aliphatic heterocycles. The highest BCUT2D eigenvalue weighted by Gasteiger charge is 2.37. The van der Waals surface area contributed by atoms with Crippen LogP contribution >= 0.6 is 33.2 Å². The molecule has 0 saturated heterocycles. The molecule has 0 N–H and O–H groups in total. The van der Waals surface area contributed by atoms with E-state index in [1.54, 1.807) is 0 Å². The summed E-state index contributed by atoms with van der Waals surface area (Å²) in [6, 6.07) is -4.11. The van der Waals surface area contributed by atoms with Gasteiger partial charge in [0.05, 0.1) is 0 Å². The number of hydrogen-bond donors (Lipinski definition) is 0. The number of alkyl halides is 4. The van der Waals surface area contributed by atoms with Gasteiger partial charge in [0.25, 0.3) is 6.43 Å². The Morgan fingerprint density at radius 3 is 1.67 bits per heavy atom. The first-order chi connectivity index (χ1) is 5.24. The van der Waals surface area contributed by atoms with Gasteiger partial charge in [-0.05, 0) is 0 Å². The Morgan fingerprint density at radius 2 is 1.42 bits per heavy atom. The second-order valence-corrected chi connectivity index (χ2v) is 11.3. The topological polar surface area (TPSA) is 0 Å². The molecule has 0 heterocycles. The molecule has 12 heavy (non-hydrogen) atoms. The van der Waals surface area contributed by atoms with E-state index in [1.807, 2.05) is 0 Å². The van der Waals surface area contributed by atoms with Crippen molar-refractivity contribution in [1.29, 1.82) is 0 Å². The minimum atomic E-state index is -3.37. The molecule has 0 aromatic rings. The molecule has 0 saturated carbocycles. The van der Waals surface area contributed by atoms with Crippen molar-refractivity contribution in [3.8, 4) is 0 Å². The number of rotatable bonds is 4. The molecule has 2 atom stereocenters. The fourth-order valence-electron chi connectivity index (χ4n) is 0.492. The summed E-state index contributed by atoms with van der Waals surface area (Å²) < 4.78 is 47.7. The van der Waals surface area contributed by atoms with Gasteiger partial charge in [0.1, 0.15) is 6.17 Å². The van der Waals surface area contributed by atoms with Gasteiger partial charge in [-0.15, -0.1) is 33.2 Å². The maximum Gasteiger partial charge on any atom is 0.344 e. The van der Waals surface area contributed by atoms with Crippen LogP contribution in [0.15, 0.2) is 0 Å². The lowest BCUT2D eigenvalue weighted by Crippen LogP contribution is -2.29. The lowest BCUT2D eigenvalue weighted by Gasteiger charge is -2.15. The quantitative estimate of drug-likeness (QED) is 0.413. The normalized spacial score (nSPS) is 18.0. The van der Waals surface area contributed by atoms with Gasteiger partial charge in [0.2, 0.25) is 0 Å². The molecule has 74 valence electrons. The first-order valence-electron chi connectivity index (χ1n) is 2.87. The molecule has 0 aromatic carbocycles. The van der Waals surface area contributed by atoms with Crippen molar-refractivity contribution >= 4 is 39.2 Å². The van der Waals surface area contributed by atoms with Crippen LogP contribution in [0.25, 0.3) is 0 Å². The highest BCUT2D eigenvalue weighted by molar-refractivity contribution is 7.64. The molecule has 0 spiro atoms. The van der Waals surface area contributed by atoms with Crippen LogP contribution in [0.3, 0.4) is 0 Å². The summed E-state index contributed by atoms with van der Waals surface area (Å²) in [6.45, 7) is 0. The van der Waals surface area contributed by atoms with E-state index in [1.165, 1.54) is 0 Å². The van der Waals surface area contributed by atoms with Crippen LogP contribution in [0.4, 0.5) is 17.6 Å². The summed E-state index contributed by atoms with van der Waals surface area (Å²) in [5.74, 6) is 0. The third-order valence-electron chi connectivity index (χ3n) is 1.01.